The van der Waals surface area contributed by atoms with E-state index >= 15 is 0 Å². The van der Waals surface area contributed by atoms with Crippen molar-refractivity contribution in [2.75, 3.05) is 4.90 Å². The van der Waals surface area contributed by atoms with E-state index in [1.54, 1.807) is 0 Å². The molecule has 0 spiro atoms. The maximum atomic E-state index is 2.48. The summed E-state index contributed by atoms with van der Waals surface area (Å²) in [6.07, 6.45) is 0. The second kappa shape index (κ2) is 13.6. The van der Waals surface area contributed by atoms with E-state index in [0.29, 0.717) is 0 Å². The number of rotatable bonds is 7. The van der Waals surface area contributed by atoms with Gasteiger partial charge in [0.15, 0.2) is 0 Å². The van der Waals surface area contributed by atoms with E-state index in [2.05, 4.69) is 238 Å². The number of benzene rings is 9. The number of nitrogens with zero attached hydrogens (tertiary/aromatic N) is 3. The van der Waals surface area contributed by atoms with Crippen molar-refractivity contribution in [2.45, 2.75) is 0 Å². The Bertz CT molecular complexity index is 3160. The number of hydrogen-bond donors (Lipinski definition) is 0. The molecule has 2 heterocycles. The topological polar surface area (TPSA) is 13.1 Å². The highest BCUT2D eigenvalue weighted by Gasteiger charge is 2.21. The fourth-order valence-electron chi connectivity index (χ4n) is 8.72. The van der Waals surface area contributed by atoms with Gasteiger partial charge in [-0.2, -0.15) is 0 Å². The lowest BCUT2D eigenvalue weighted by Crippen LogP contribution is -2.09. The molecule has 3 heteroatoms. The van der Waals surface area contributed by atoms with Gasteiger partial charge in [-0.05, 0) is 101 Å². The van der Waals surface area contributed by atoms with Gasteiger partial charge in [0.05, 0.1) is 22.1 Å². The van der Waals surface area contributed by atoms with Crippen LogP contribution in [-0.2, 0) is 0 Å². The number of para-hydroxylation sites is 4. The van der Waals surface area contributed by atoms with Gasteiger partial charge in [0, 0.05) is 50.0 Å². The van der Waals surface area contributed by atoms with E-state index in [9.17, 15) is 0 Å². The summed E-state index contributed by atoms with van der Waals surface area (Å²) in [5.74, 6) is 0. The molecule has 0 radical (unpaired) electrons. The van der Waals surface area contributed by atoms with Crippen LogP contribution in [-0.4, -0.2) is 9.13 Å². The SMILES string of the molecule is c1ccc(-c2ccc(-n3c4ccccc4c4c3ccc3c5ccccc5n(-c5cccc(-c6ccc(N(c7ccccc7)c7ccccc7)cc6)c5)c34)cc2)cc1. The summed E-state index contributed by atoms with van der Waals surface area (Å²) >= 11 is 0. The van der Waals surface area contributed by atoms with Crippen molar-refractivity contribution in [2.24, 2.45) is 0 Å². The summed E-state index contributed by atoms with van der Waals surface area (Å²) in [6.45, 7) is 0. The van der Waals surface area contributed by atoms with E-state index in [0.717, 1.165) is 28.4 Å². The van der Waals surface area contributed by atoms with Crippen LogP contribution in [0.2, 0.25) is 0 Å². The van der Waals surface area contributed by atoms with Crippen LogP contribution in [0.1, 0.15) is 0 Å². The molecule has 9 aromatic carbocycles. The Balaban J connectivity index is 1.07. The first kappa shape index (κ1) is 32.8. The van der Waals surface area contributed by atoms with Crippen LogP contribution < -0.4 is 4.90 Å². The molecular formula is C54H37N3. The van der Waals surface area contributed by atoms with Crippen molar-refractivity contribution in [1.82, 2.24) is 9.13 Å². The lowest BCUT2D eigenvalue weighted by Gasteiger charge is -2.25. The van der Waals surface area contributed by atoms with E-state index in [1.165, 1.54) is 65.9 Å². The highest BCUT2D eigenvalue weighted by atomic mass is 15.1. The minimum Gasteiger partial charge on any atom is -0.311 e. The van der Waals surface area contributed by atoms with Gasteiger partial charge in [-0.15, -0.1) is 0 Å². The molecule has 0 unspecified atom stereocenters. The Morgan fingerprint density at radius 3 is 1.47 bits per heavy atom. The zero-order valence-electron chi connectivity index (χ0n) is 31.2. The number of aromatic nitrogens is 2. The predicted octanol–water partition coefficient (Wildman–Crippen LogP) is 14.7. The Hall–Kier alpha value is -7.62. The molecule has 0 aliphatic heterocycles. The monoisotopic (exact) mass is 727 g/mol. The molecule has 268 valence electrons. The fourth-order valence-corrected chi connectivity index (χ4v) is 8.72. The van der Waals surface area contributed by atoms with Crippen molar-refractivity contribution in [3.63, 3.8) is 0 Å². The average molecular weight is 728 g/mol. The molecule has 57 heavy (non-hydrogen) atoms. The summed E-state index contributed by atoms with van der Waals surface area (Å²) < 4.78 is 4.90. The van der Waals surface area contributed by atoms with Crippen molar-refractivity contribution >= 4 is 60.7 Å². The number of hydrogen-bond acceptors (Lipinski definition) is 1. The zero-order valence-corrected chi connectivity index (χ0v) is 31.2. The van der Waals surface area contributed by atoms with E-state index in [-0.39, 0.29) is 0 Å². The minimum absolute atomic E-state index is 1.11. The lowest BCUT2D eigenvalue weighted by atomic mass is 10.0. The molecule has 0 fully saturated rings. The van der Waals surface area contributed by atoms with Crippen LogP contribution in [0.3, 0.4) is 0 Å². The van der Waals surface area contributed by atoms with Gasteiger partial charge in [-0.1, -0.05) is 146 Å². The van der Waals surface area contributed by atoms with Crippen LogP contribution in [0.5, 0.6) is 0 Å². The first-order valence-corrected chi connectivity index (χ1v) is 19.5. The van der Waals surface area contributed by atoms with Gasteiger partial charge in [0.2, 0.25) is 0 Å². The number of anilines is 3. The van der Waals surface area contributed by atoms with Gasteiger partial charge < -0.3 is 14.0 Å². The van der Waals surface area contributed by atoms with Gasteiger partial charge in [0.25, 0.3) is 0 Å². The second-order valence-electron chi connectivity index (χ2n) is 14.6. The van der Waals surface area contributed by atoms with Crippen LogP contribution in [0.25, 0.3) is 77.2 Å². The normalized spacial score (nSPS) is 11.5. The maximum absolute atomic E-state index is 2.48. The Kier molecular flexibility index (Phi) is 7.82. The predicted molar refractivity (Wildman–Crippen MR) is 241 cm³/mol. The molecular weight excluding hydrogens is 691 g/mol. The third kappa shape index (κ3) is 5.51. The third-order valence-corrected chi connectivity index (χ3v) is 11.3. The van der Waals surface area contributed by atoms with E-state index in [4.69, 9.17) is 0 Å². The summed E-state index contributed by atoms with van der Waals surface area (Å²) in [5, 5.41) is 4.98. The molecule has 0 aliphatic rings. The first-order chi connectivity index (χ1) is 28.3. The molecule has 0 amide bonds. The van der Waals surface area contributed by atoms with E-state index in [1.807, 2.05) is 0 Å². The van der Waals surface area contributed by atoms with Crippen molar-refractivity contribution in [1.29, 1.82) is 0 Å². The third-order valence-electron chi connectivity index (χ3n) is 11.3. The highest BCUT2D eigenvalue weighted by molar-refractivity contribution is 6.26. The second-order valence-corrected chi connectivity index (χ2v) is 14.6. The fraction of sp³-hybridized carbons (Fsp3) is 0. The molecule has 0 N–H and O–H groups in total. The molecule has 11 aromatic rings. The molecule has 2 aromatic heterocycles. The van der Waals surface area contributed by atoms with Gasteiger partial charge >= 0.3 is 0 Å². The Labute approximate surface area is 331 Å². The molecule has 0 saturated heterocycles. The first-order valence-electron chi connectivity index (χ1n) is 19.5. The van der Waals surface area contributed by atoms with Crippen molar-refractivity contribution in [3.8, 4) is 33.6 Å². The Morgan fingerprint density at radius 2 is 0.789 bits per heavy atom. The van der Waals surface area contributed by atoms with Crippen LogP contribution in [0.4, 0.5) is 17.1 Å². The quantitative estimate of drug-likeness (QED) is 0.159. The molecule has 3 nitrogen and oxygen atoms in total. The minimum atomic E-state index is 1.11. The maximum Gasteiger partial charge on any atom is 0.0641 e. The smallest absolute Gasteiger partial charge is 0.0641 e. The standard InChI is InChI=1S/C54H37N3/c1-4-15-38(16-5-1)39-27-33-45(34-28-39)56-51-26-13-11-24-49(51)53-52(56)36-35-48-47-23-10-12-25-50(47)57(54(48)53)46-22-14-17-41(37-46)40-29-31-44(32-30-40)55(42-18-6-2-7-19-42)43-20-8-3-9-21-43/h1-37H. The van der Waals surface area contributed by atoms with E-state index < -0.39 is 0 Å². The van der Waals surface area contributed by atoms with Gasteiger partial charge in [-0.3, -0.25) is 0 Å². The Morgan fingerprint density at radius 1 is 0.281 bits per heavy atom. The van der Waals surface area contributed by atoms with Crippen LogP contribution in [0.15, 0.2) is 224 Å². The number of fused-ring (bicyclic) bond motifs is 7. The summed E-state index contributed by atoms with van der Waals surface area (Å²) in [4.78, 5) is 2.30. The largest absolute Gasteiger partial charge is 0.311 e. The zero-order chi connectivity index (χ0) is 37.7. The average Bonchev–Trinajstić information content (AvgIpc) is 3.81. The summed E-state index contributed by atoms with van der Waals surface area (Å²) in [6, 6.07) is 80.9. The molecule has 0 bridgehead atoms. The molecule has 0 saturated carbocycles. The van der Waals surface area contributed by atoms with Gasteiger partial charge in [0.1, 0.15) is 0 Å². The summed E-state index contributed by atoms with van der Waals surface area (Å²) in [7, 11) is 0. The van der Waals surface area contributed by atoms with Crippen molar-refractivity contribution in [3.05, 3.63) is 224 Å². The van der Waals surface area contributed by atoms with Crippen LogP contribution in [0, 0.1) is 0 Å². The highest BCUT2D eigenvalue weighted by Crippen LogP contribution is 2.43. The van der Waals surface area contributed by atoms with Crippen LogP contribution >= 0.6 is 0 Å². The van der Waals surface area contributed by atoms with Gasteiger partial charge in [-0.25, -0.2) is 0 Å². The lowest BCUT2D eigenvalue weighted by molar-refractivity contribution is 1.17. The molecule has 11 rings (SSSR count). The molecule has 0 aliphatic carbocycles. The van der Waals surface area contributed by atoms with Crippen molar-refractivity contribution < 1.29 is 0 Å². The molecule has 0 atom stereocenters. The summed E-state index contributed by atoms with van der Waals surface area (Å²) in [5.41, 5.74) is 15.2.